The van der Waals surface area contributed by atoms with Gasteiger partial charge in [-0.3, -0.25) is 9.69 Å². The highest BCUT2D eigenvalue weighted by molar-refractivity contribution is 7.10. The number of likely N-dealkylation sites (tertiary alicyclic amines) is 1. The molecule has 1 saturated heterocycles. The van der Waals surface area contributed by atoms with Crippen LogP contribution in [0.5, 0.6) is 0 Å². The zero-order valence-corrected chi connectivity index (χ0v) is 14.9. The third-order valence-electron chi connectivity index (χ3n) is 4.54. The van der Waals surface area contributed by atoms with E-state index in [1.807, 2.05) is 13.0 Å². The third kappa shape index (κ3) is 3.27. The number of nitrogens with one attached hydrogen (secondary N) is 1. The van der Waals surface area contributed by atoms with E-state index in [1.54, 1.807) is 22.0 Å². The monoisotopic (exact) mass is 356 g/mol. The molecule has 0 radical (unpaired) electrons. The molecule has 1 aliphatic rings. The van der Waals surface area contributed by atoms with Gasteiger partial charge in [0.15, 0.2) is 0 Å². The van der Waals surface area contributed by atoms with Crippen molar-refractivity contribution in [1.82, 2.24) is 29.8 Å². The highest BCUT2D eigenvalue weighted by Crippen LogP contribution is 2.27. The number of carbonyl (C=O) groups excluding carboxylic acids is 1. The van der Waals surface area contributed by atoms with Gasteiger partial charge in [0, 0.05) is 23.3 Å². The molecule has 4 rings (SSSR count). The summed E-state index contributed by atoms with van der Waals surface area (Å²) in [6.45, 7) is 4.62. The first-order valence-electron chi connectivity index (χ1n) is 8.46. The molecule has 0 spiro atoms. The van der Waals surface area contributed by atoms with Crippen LogP contribution in [0.1, 0.15) is 40.1 Å². The fourth-order valence-electron chi connectivity index (χ4n) is 3.21. The first-order chi connectivity index (χ1) is 12.2. The van der Waals surface area contributed by atoms with Crippen molar-refractivity contribution in [2.75, 3.05) is 19.6 Å². The Labute approximate surface area is 149 Å². The van der Waals surface area contributed by atoms with Crippen LogP contribution in [0.2, 0.25) is 0 Å². The maximum atomic E-state index is 12.5. The predicted molar refractivity (Wildman–Crippen MR) is 95.7 cm³/mol. The maximum absolute atomic E-state index is 12.5. The summed E-state index contributed by atoms with van der Waals surface area (Å²) >= 11 is 1.73. The van der Waals surface area contributed by atoms with E-state index in [-0.39, 0.29) is 17.8 Å². The van der Waals surface area contributed by atoms with Crippen LogP contribution in [0.15, 0.2) is 29.8 Å². The maximum Gasteiger partial charge on any atom is 0.291 e. The number of aryl methyl sites for hydroxylation is 1. The molecular formula is C17H20N6OS. The third-order valence-corrected chi connectivity index (χ3v) is 5.52. The van der Waals surface area contributed by atoms with Gasteiger partial charge in [0.2, 0.25) is 5.82 Å². The SMILES string of the molecule is Cc1ccnc2nc(C(=O)NCC(c3cccs3)N3CCCC3)nn12. The molecule has 7 nitrogen and oxygen atoms in total. The van der Waals surface area contributed by atoms with Gasteiger partial charge in [-0.25, -0.2) is 9.50 Å². The standard InChI is InChI=1S/C17H20N6OS/c1-12-6-7-18-17-20-15(21-23(12)17)16(24)19-11-13(14-5-4-10-25-14)22-8-2-3-9-22/h4-7,10,13H,2-3,8-9,11H2,1H3,(H,19,24). The Morgan fingerprint density at radius 2 is 2.20 bits per heavy atom. The van der Waals surface area contributed by atoms with E-state index in [4.69, 9.17) is 0 Å². The first kappa shape index (κ1) is 16.2. The van der Waals surface area contributed by atoms with Gasteiger partial charge in [0.05, 0.1) is 6.04 Å². The Hall–Kier alpha value is -2.32. The second-order valence-corrected chi connectivity index (χ2v) is 7.20. The van der Waals surface area contributed by atoms with Crippen LogP contribution in [0, 0.1) is 6.92 Å². The number of thiophene rings is 1. The van der Waals surface area contributed by atoms with Crippen LogP contribution >= 0.6 is 11.3 Å². The molecule has 25 heavy (non-hydrogen) atoms. The summed E-state index contributed by atoms with van der Waals surface area (Å²) in [4.78, 5) is 24.6. The highest BCUT2D eigenvalue weighted by atomic mass is 32.1. The Morgan fingerprint density at radius 1 is 1.36 bits per heavy atom. The first-order valence-corrected chi connectivity index (χ1v) is 9.34. The van der Waals surface area contributed by atoms with E-state index >= 15 is 0 Å². The molecule has 0 aromatic carbocycles. The van der Waals surface area contributed by atoms with E-state index in [1.165, 1.54) is 17.7 Å². The molecule has 0 saturated carbocycles. The largest absolute Gasteiger partial charge is 0.347 e. The Bertz CT molecular complexity index is 869. The fourth-order valence-corrected chi connectivity index (χ4v) is 4.08. The minimum Gasteiger partial charge on any atom is -0.347 e. The number of carbonyl (C=O) groups is 1. The molecule has 1 atom stereocenters. The average Bonchev–Trinajstić information content (AvgIpc) is 3.36. The van der Waals surface area contributed by atoms with Crippen molar-refractivity contribution < 1.29 is 4.79 Å². The quantitative estimate of drug-likeness (QED) is 0.757. The Morgan fingerprint density at radius 3 is 2.92 bits per heavy atom. The minimum absolute atomic E-state index is 0.160. The molecule has 1 amide bonds. The number of fused-ring (bicyclic) bond motifs is 1. The van der Waals surface area contributed by atoms with Gasteiger partial charge in [0.1, 0.15) is 0 Å². The van der Waals surface area contributed by atoms with Gasteiger partial charge >= 0.3 is 0 Å². The summed E-state index contributed by atoms with van der Waals surface area (Å²) in [5.41, 5.74) is 0.894. The predicted octanol–water partition coefficient (Wildman–Crippen LogP) is 2.06. The van der Waals surface area contributed by atoms with Crippen LogP contribution in [0.4, 0.5) is 0 Å². The number of hydrogen-bond donors (Lipinski definition) is 1. The normalized spacial score (nSPS) is 16.4. The van der Waals surface area contributed by atoms with Gasteiger partial charge in [-0.15, -0.1) is 16.4 Å². The molecule has 4 heterocycles. The van der Waals surface area contributed by atoms with Crippen molar-refractivity contribution in [3.05, 3.63) is 46.2 Å². The van der Waals surface area contributed by atoms with Crippen molar-refractivity contribution in [3.8, 4) is 0 Å². The van der Waals surface area contributed by atoms with E-state index in [2.05, 4.69) is 42.8 Å². The number of rotatable bonds is 5. The summed E-state index contributed by atoms with van der Waals surface area (Å²) in [7, 11) is 0. The second-order valence-electron chi connectivity index (χ2n) is 6.22. The molecule has 130 valence electrons. The number of aromatic nitrogens is 4. The van der Waals surface area contributed by atoms with Crippen LogP contribution < -0.4 is 5.32 Å². The molecular weight excluding hydrogens is 336 g/mol. The van der Waals surface area contributed by atoms with Gasteiger partial charge in [0.25, 0.3) is 11.7 Å². The molecule has 3 aromatic rings. The van der Waals surface area contributed by atoms with Crippen LogP contribution in [-0.4, -0.2) is 50.0 Å². The van der Waals surface area contributed by atoms with Gasteiger partial charge in [-0.05, 0) is 50.4 Å². The lowest BCUT2D eigenvalue weighted by molar-refractivity contribution is 0.0928. The lowest BCUT2D eigenvalue weighted by atomic mass is 10.2. The highest BCUT2D eigenvalue weighted by Gasteiger charge is 2.25. The summed E-state index contributed by atoms with van der Waals surface area (Å²) < 4.78 is 1.59. The Balaban J connectivity index is 1.49. The van der Waals surface area contributed by atoms with Crippen LogP contribution in [-0.2, 0) is 0 Å². The topological polar surface area (TPSA) is 75.4 Å². The zero-order valence-electron chi connectivity index (χ0n) is 14.1. The molecule has 3 aromatic heterocycles. The molecule has 1 aliphatic heterocycles. The average molecular weight is 356 g/mol. The Kier molecular flexibility index (Phi) is 4.46. The molecule has 0 bridgehead atoms. The van der Waals surface area contributed by atoms with Gasteiger partial charge in [-0.2, -0.15) is 4.98 Å². The van der Waals surface area contributed by atoms with Crippen molar-refractivity contribution >= 4 is 23.0 Å². The summed E-state index contributed by atoms with van der Waals surface area (Å²) in [6, 6.07) is 6.24. The lowest BCUT2D eigenvalue weighted by Crippen LogP contribution is -2.36. The van der Waals surface area contributed by atoms with E-state index < -0.39 is 0 Å². The number of amides is 1. The minimum atomic E-state index is -0.259. The van der Waals surface area contributed by atoms with Crippen molar-refractivity contribution in [2.45, 2.75) is 25.8 Å². The molecule has 0 aliphatic carbocycles. The summed E-state index contributed by atoms with van der Waals surface area (Å²) in [5.74, 6) is 0.346. The zero-order chi connectivity index (χ0) is 17.2. The van der Waals surface area contributed by atoms with Gasteiger partial charge < -0.3 is 5.32 Å². The smallest absolute Gasteiger partial charge is 0.291 e. The fraction of sp³-hybridized carbons (Fsp3) is 0.412. The van der Waals surface area contributed by atoms with Gasteiger partial charge in [-0.1, -0.05) is 6.07 Å². The lowest BCUT2D eigenvalue weighted by Gasteiger charge is -2.26. The van der Waals surface area contributed by atoms with E-state index in [9.17, 15) is 4.79 Å². The molecule has 1 N–H and O–H groups in total. The second kappa shape index (κ2) is 6.89. The van der Waals surface area contributed by atoms with Crippen molar-refractivity contribution in [1.29, 1.82) is 0 Å². The summed E-state index contributed by atoms with van der Waals surface area (Å²) in [5, 5.41) is 9.36. The molecule has 1 fully saturated rings. The number of nitrogens with zero attached hydrogens (tertiary/aromatic N) is 5. The summed E-state index contributed by atoms with van der Waals surface area (Å²) in [6.07, 6.45) is 4.10. The van der Waals surface area contributed by atoms with Crippen LogP contribution in [0.3, 0.4) is 0 Å². The molecule has 8 heteroatoms. The van der Waals surface area contributed by atoms with Crippen LogP contribution in [0.25, 0.3) is 5.78 Å². The van der Waals surface area contributed by atoms with E-state index in [0.29, 0.717) is 12.3 Å². The van der Waals surface area contributed by atoms with Crippen molar-refractivity contribution in [3.63, 3.8) is 0 Å². The molecule has 1 unspecified atom stereocenters. The number of hydrogen-bond acceptors (Lipinski definition) is 6. The van der Waals surface area contributed by atoms with E-state index in [0.717, 1.165) is 18.8 Å². The van der Waals surface area contributed by atoms with Crippen molar-refractivity contribution in [2.24, 2.45) is 0 Å².